The predicted molar refractivity (Wildman–Crippen MR) is 122 cm³/mol. The van der Waals surface area contributed by atoms with Gasteiger partial charge in [0.15, 0.2) is 5.96 Å². The third kappa shape index (κ3) is 10.8. The molecule has 11 heteroatoms. The Morgan fingerprint density at radius 1 is 1.00 bits per heavy atom. The third-order valence-electron chi connectivity index (χ3n) is 5.38. The molecule has 0 aliphatic carbocycles. The molecule has 0 aromatic carbocycles. The first-order chi connectivity index (χ1) is 13.7. The summed E-state index contributed by atoms with van der Waals surface area (Å²) in [5.74, 6) is 1.03. The summed E-state index contributed by atoms with van der Waals surface area (Å²) in [5, 5.41) is 39.4. The number of hydrogen-bond acceptors (Lipinski definition) is 6. The van der Waals surface area contributed by atoms with Crippen molar-refractivity contribution < 1.29 is 10.2 Å². The number of rotatable bonds is 2. The second kappa shape index (κ2) is 15.0. The van der Waals surface area contributed by atoms with Crippen LogP contribution in [0.15, 0.2) is 18.5 Å². The Kier molecular flexibility index (Phi) is 14.1. The number of aliphatic hydroxyl groups excluding tert-OH is 2. The van der Waals surface area contributed by atoms with E-state index < -0.39 is 0 Å². The van der Waals surface area contributed by atoms with Crippen molar-refractivity contribution in [3.8, 4) is 0 Å². The standard InChI is InChI=1S/C8H17N3O.C7H15NO.C4H6N4.ClH/c1-6(12)7-2-4-11(5-3-7)8(9)10;1-6(9)7-2-4-8-5-3-7;5-4(6)8-3-1-2-7-8;/h6-7,12H,2-5H2,1H3,(H3,9,10);6-9H,2-5H2,1H3;1-3H,(H3,5,6);1H. The van der Waals surface area contributed by atoms with Gasteiger partial charge in [-0.15, -0.1) is 12.4 Å². The van der Waals surface area contributed by atoms with Crippen molar-refractivity contribution in [2.75, 3.05) is 26.2 Å². The molecule has 2 unspecified atom stereocenters. The van der Waals surface area contributed by atoms with Crippen LogP contribution in [0.25, 0.3) is 0 Å². The number of guanidine groups is 1. The van der Waals surface area contributed by atoms with Crippen LogP contribution in [0.3, 0.4) is 0 Å². The minimum atomic E-state index is -0.223. The quantitative estimate of drug-likeness (QED) is 0.254. The van der Waals surface area contributed by atoms with Crippen molar-refractivity contribution in [1.29, 1.82) is 10.8 Å². The van der Waals surface area contributed by atoms with Gasteiger partial charge in [-0.2, -0.15) is 5.10 Å². The zero-order valence-corrected chi connectivity index (χ0v) is 18.8. The molecule has 174 valence electrons. The highest BCUT2D eigenvalue weighted by molar-refractivity contribution is 5.85. The Morgan fingerprint density at radius 3 is 1.80 bits per heavy atom. The summed E-state index contributed by atoms with van der Waals surface area (Å²) in [6.45, 7) is 7.49. The summed E-state index contributed by atoms with van der Waals surface area (Å²) < 4.78 is 1.28. The molecule has 2 atom stereocenters. The van der Waals surface area contributed by atoms with E-state index in [2.05, 4.69) is 10.4 Å². The van der Waals surface area contributed by atoms with E-state index in [1.165, 1.54) is 4.68 Å². The minimum absolute atomic E-state index is 0. The Morgan fingerprint density at radius 2 is 1.50 bits per heavy atom. The van der Waals surface area contributed by atoms with Crippen molar-refractivity contribution in [3.63, 3.8) is 0 Å². The first-order valence-electron chi connectivity index (χ1n) is 10.2. The third-order valence-corrected chi connectivity index (χ3v) is 5.38. The second-order valence-corrected chi connectivity index (χ2v) is 7.61. The molecular formula is C19H39ClN8O2. The van der Waals surface area contributed by atoms with Gasteiger partial charge in [0.2, 0.25) is 5.96 Å². The van der Waals surface area contributed by atoms with Gasteiger partial charge >= 0.3 is 0 Å². The number of nitrogen functional groups attached to an aromatic ring is 1. The van der Waals surface area contributed by atoms with Gasteiger partial charge in [0.05, 0.1) is 12.2 Å². The van der Waals surface area contributed by atoms with Crippen molar-refractivity contribution in [1.82, 2.24) is 20.0 Å². The average molecular weight is 447 g/mol. The molecule has 3 rings (SSSR count). The van der Waals surface area contributed by atoms with E-state index in [-0.39, 0.29) is 36.5 Å². The molecule has 30 heavy (non-hydrogen) atoms. The van der Waals surface area contributed by atoms with Gasteiger partial charge in [-0.3, -0.25) is 10.8 Å². The summed E-state index contributed by atoms with van der Waals surface area (Å²) in [7, 11) is 0. The van der Waals surface area contributed by atoms with Crippen LogP contribution < -0.4 is 16.8 Å². The molecule has 2 fully saturated rings. The van der Waals surface area contributed by atoms with Gasteiger partial charge < -0.3 is 31.9 Å². The van der Waals surface area contributed by atoms with Crippen LogP contribution >= 0.6 is 12.4 Å². The van der Waals surface area contributed by atoms with Crippen molar-refractivity contribution in [3.05, 3.63) is 18.5 Å². The zero-order chi connectivity index (χ0) is 21.8. The molecule has 1 aromatic heterocycles. The number of nitrogens with one attached hydrogen (secondary N) is 3. The van der Waals surface area contributed by atoms with E-state index in [0.717, 1.165) is 51.9 Å². The monoisotopic (exact) mass is 446 g/mol. The number of aromatic nitrogens is 2. The normalized spacial score (nSPS) is 19.1. The molecule has 0 amide bonds. The maximum absolute atomic E-state index is 9.30. The Hall–Kier alpha value is -1.88. The molecule has 1 aromatic rings. The zero-order valence-electron chi connectivity index (χ0n) is 18.0. The smallest absolute Gasteiger partial charge is 0.213 e. The lowest BCUT2D eigenvalue weighted by molar-refractivity contribution is 0.0885. The Bertz CT molecular complexity index is 583. The predicted octanol–water partition coefficient (Wildman–Crippen LogP) is 0.386. The maximum Gasteiger partial charge on any atom is 0.213 e. The van der Waals surface area contributed by atoms with Gasteiger partial charge in [0.25, 0.3) is 0 Å². The number of nitrogens with two attached hydrogens (primary N) is 2. The SMILES string of the molecule is CC(O)C1CCN(C(=N)N)CC1.CC(O)C1CCNCC1.Cl.N=C(N)n1cccn1. The lowest BCUT2D eigenvalue weighted by Gasteiger charge is -2.33. The van der Waals surface area contributed by atoms with Gasteiger partial charge in [0.1, 0.15) is 0 Å². The van der Waals surface area contributed by atoms with E-state index in [1.54, 1.807) is 18.5 Å². The van der Waals surface area contributed by atoms with Crippen LogP contribution in [0.5, 0.6) is 0 Å². The molecule has 2 aliphatic rings. The first-order valence-corrected chi connectivity index (χ1v) is 10.2. The topological polar surface area (TPSA) is 173 Å². The fourth-order valence-corrected chi connectivity index (χ4v) is 3.36. The highest BCUT2D eigenvalue weighted by atomic mass is 35.5. The molecule has 0 saturated carbocycles. The van der Waals surface area contributed by atoms with E-state index in [9.17, 15) is 5.11 Å². The largest absolute Gasteiger partial charge is 0.393 e. The summed E-state index contributed by atoms with van der Waals surface area (Å²) in [6.07, 6.45) is 7.01. The lowest BCUT2D eigenvalue weighted by Crippen LogP contribution is -2.43. The fourth-order valence-electron chi connectivity index (χ4n) is 3.36. The number of aliphatic hydroxyl groups is 2. The fraction of sp³-hybridized carbons (Fsp3) is 0.737. The van der Waals surface area contributed by atoms with Crippen LogP contribution in [0.2, 0.25) is 0 Å². The maximum atomic E-state index is 9.30. The van der Waals surface area contributed by atoms with Gasteiger partial charge in [-0.25, -0.2) is 4.68 Å². The molecular weight excluding hydrogens is 408 g/mol. The van der Waals surface area contributed by atoms with E-state index in [0.29, 0.717) is 11.8 Å². The summed E-state index contributed by atoms with van der Waals surface area (Å²) in [6, 6.07) is 1.71. The number of nitrogens with zero attached hydrogens (tertiary/aromatic N) is 3. The molecule has 0 bridgehead atoms. The molecule has 9 N–H and O–H groups in total. The lowest BCUT2D eigenvalue weighted by atomic mass is 9.92. The van der Waals surface area contributed by atoms with Crippen LogP contribution in [0.1, 0.15) is 39.5 Å². The molecule has 0 spiro atoms. The molecule has 2 saturated heterocycles. The number of piperidine rings is 2. The van der Waals surface area contributed by atoms with Gasteiger partial charge in [-0.05, 0) is 70.5 Å². The van der Waals surface area contributed by atoms with E-state index in [4.69, 9.17) is 27.4 Å². The molecule has 3 heterocycles. The van der Waals surface area contributed by atoms with Crippen molar-refractivity contribution in [2.24, 2.45) is 23.3 Å². The van der Waals surface area contributed by atoms with Crippen molar-refractivity contribution >= 4 is 24.3 Å². The number of hydrogen-bond donors (Lipinski definition) is 7. The minimum Gasteiger partial charge on any atom is -0.393 e. The number of halogens is 1. The molecule has 2 aliphatic heterocycles. The summed E-state index contributed by atoms with van der Waals surface area (Å²) in [5.41, 5.74) is 10.4. The van der Waals surface area contributed by atoms with Crippen LogP contribution in [-0.2, 0) is 0 Å². The average Bonchev–Trinajstić information content (AvgIpc) is 3.25. The van der Waals surface area contributed by atoms with Crippen LogP contribution in [0.4, 0.5) is 0 Å². The van der Waals surface area contributed by atoms with Crippen LogP contribution in [-0.4, -0.2) is 75.2 Å². The highest BCUT2D eigenvalue weighted by Gasteiger charge is 2.22. The van der Waals surface area contributed by atoms with E-state index in [1.807, 2.05) is 18.7 Å². The van der Waals surface area contributed by atoms with Crippen LogP contribution in [0, 0.1) is 22.7 Å². The summed E-state index contributed by atoms with van der Waals surface area (Å²) in [4.78, 5) is 1.85. The first kappa shape index (κ1) is 28.1. The Labute approximate surface area is 185 Å². The van der Waals surface area contributed by atoms with Gasteiger partial charge in [0, 0.05) is 25.5 Å². The number of likely N-dealkylation sites (tertiary alicyclic amines) is 1. The molecule has 0 radical (unpaired) electrons. The van der Waals surface area contributed by atoms with Crippen molar-refractivity contribution in [2.45, 2.75) is 51.7 Å². The molecule has 10 nitrogen and oxygen atoms in total. The summed E-state index contributed by atoms with van der Waals surface area (Å²) >= 11 is 0. The second-order valence-electron chi connectivity index (χ2n) is 7.61. The van der Waals surface area contributed by atoms with Gasteiger partial charge in [-0.1, -0.05) is 0 Å². The highest BCUT2D eigenvalue weighted by Crippen LogP contribution is 2.19. The van der Waals surface area contributed by atoms with E-state index >= 15 is 0 Å². The Balaban J connectivity index is 0.000000423.